The van der Waals surface area contributed by atoms with Crippen LogP contribution in [-0.2, 0) is 10.0 Å². The summed E-state index contributed by atoms with van der Waals surface area (Å²) >= 11 is 0. The van der Waals surface area contributed by atoms with Gasteiger partial charge < -0.3 is 4.74 Å². The van der Waals surface area contributed by atoms with E-state index >= 15 is 0 Å². The topological polar surface area (TPSA) is 69.4 Å². The van der Waals surface area contributed by atoms with E-state index in [0.29, 0.717) is 0 Å². The van der Waals surface area contributed by atoms with Gasteiger partial charge in [0.15, 0.2) is 17.4 Å². The molecule has 1 aromatic rings. The van der Waals surface area contributed by atoms with Crippen LogP contribution in [-0.4, -0.2) is 20.8 Å². The van der Waals surface area contributed by atoms with Crippen LogP contribution in [0.5, 0.6) is 5.75 Å². The second-order valence-corrected chi connectivity index (χ2v) is 5.10. The Morgan fingerprint density at radius 3 is 2.06 bits per heavy atom. The van der Waals surface area contributed by atoms with E-state index in [4.69, 9.17) is 0 Å². The standard InChI is InChI=1S/C9H9F4NO3S/c10-5-4-6(11)8(13)9(7(5)12)17-2-1-3-18(14,15)16/h4H,1-3H2,(H2,14,15,16). The number of ether oxygens (including phenoxy) is 1. The van der Waals surface area contributed by atoms with Crippen molar-refractivity contribution in [1.82, 2.24) is 0 Å². The molecule has 1 rings (SSSR count). The lowest BCUT2D eigenvalue weighted by molar-refractivity contribution is 0.272. The van der Waals surface area contributed by atoms with E-state index in [2.05, 4.69) is 9.88 Å². The number of nitrogens with two attached hydrogens (primary N) is 1. The minimum atomic E-state index is -3.73. The predicted octanol–water partition coefficient (Wildman–Crippen LogP) is 1.30. The Morgan fingerprint density at radius 2 is 1.61 bits per heavy atom. The first-order valence-corrected chi connectivity index (χ1v) is 6.40. The molecule has 0 spiro atoms. The van der Waals surface area contributed by atoms with Gasteiger partial charge in [-0.25, -0.2) is 22.3 Å². The van der Waals surface area contributed by atoms with E-state index in [1.807, 2.05) is 0 Å². The normalized spacial score (nSPS) is 11.6. The Balaban J connectivity index is 2.74. The van der Waals surface area contributed by atoms with E-state index in [1.54, 1.807) is 0 Å². The Labute approximate surface area is 100 Å². The number of hydrogen-bond donors (Lipinski definition) is 1. The number of sulfonamides is 1. The molecule has 0 amide bonds. The lowest BCUT2D eigenvalue weighted by Crippen LogP contribution is -2.18. The van der Waals surface area contributed by atoms with Gasteiger partial charge in [-0.2, -0.15) is 8.78 Å². The van der Waals surface area contributed by atoms with Gasteiger partial charge in [0.05, 0.1) is 12.4 Å². The van der Waals surface area contributed by atoms with Gasteiger partial charge in [-0.15, -0.1) is 0 Å². The van der Waals surface area contributed by atoms with Gasteiger partial charge >= 0.3 is 0 Å². The van der Waals surface area contributed by atoms with Crippen molar-refractivity contribution in [3.05, 3.63) is 29.3 Å². The van der Waals surface area contributed by atoms with Crippen molar-refractivity contribution in [3.63, 3.8) is 0 Å². The molecule has 4 nitrogen and oxygen atoms in total. The highest BCUT2D eigenvalue weighted by Gasteiger charge is 2.20. The molecule has 0 heterocycles. The first kappa shape index (κ1) is 14.7. The third kappa shape index (κ3) is 3.84. The van der Waals surface area contributed by atoms with Gasteiger partial charge in [-0.05, 0) is 6.42 Å². The van der Waals surface area contributed by atoms with Gasteiger partial charge in [0, 0.05) is 6.07 Å². The Hall–Kier alpha value is -1.35. The first-order chi connectivity index (χ1) is 8.22. The van der Waals surface area contributed by atoms with Crippen molar-refractivity contribution in [2.24, 2.45) is 5.14 Å². The van der Waals surface area contributed by atoms with Crippen molar-refractivity contribution in [1.29, 1.82) is 0 Å². The van der Waals surface area contributed by atoms with E-state index < -0.39 is 51.4 Å². The molecular formula is C9H9F4NO3S. The van der Waals surface area contributed by atoms with Crippen molar-refractivity contribution in [3.8, 4) is 5.75 Å². The SMILES string of the molecule is NS(=O)(=O)CCCOc1c(F)c(F)cc(F)c1F. The fourth-order valence-electron chi connectivity index (χ4n) is 1.11. The molecule has 1 aromatic carbocycles. The van der Waals surface area contributed by atoms with Gasteiger partial charge in [-0.3, -0.25) is 0 Å². The quantitative estimate of drug-likeness (QED) is 0.504. The number of benzene rings is 1. The molecule has 0 saturated carbocycles. The van der Waals surface area contributed by atoms with Crippen LogP contribution in [0.3, 0.4) is 0 Å². The zero-order valence-corrected chi connectivity index (χ0v) is 9.74. The highest BCUT2D eigenvalue weighted by Crippen LogP contribution is 2.26. The summed E-state index contributed by atoms with van der Waals surface area (Å²) in [5, 5.41) is 4.67. The lowest BCUT2D eigenvalue weighted by atomic mass is 10.3. The summed E-state index contributed by atoms with van der Waals surface area (Å²) in [6.45, 7) is -0.451. The van der Waals surface area contributed by atoms with Crippen LogP contribution >= 0.6 is 0 Å². The minimum absolute atomic E-state index is 0.0435. The molecule has 0 aliphatic heterocycles. The molecule has 18 heavy (non-hydrogen) atoms. The molecule has 0 aromatic heterocycles. The van der Waals surface area contributed by atoms with Gasteiger partial charge in [-0.1, -0.05) is 0 Å². The third-order valence-electron chi connectivity index (χ3n) is 1.89. The minimum Gasteiger partial charge on any atom is -0.487 e. The fourth-order valence-corrected chi connectivity index (χ4v) is 1.63. The maximum absolute atomic E-state index is 13.1. The van der Waals surface area contributed by atoms with Crippen LogP contribution in [0.1, 0.15) is 6.42 Å². The summed E-state index contributed by atoms with van der Waals surface area (Å²) in [5.41, 5.74) is 0. The second-order valence-electron chi connectivity index (χ2n) is 3.37. The number of halogens is 4. The highest BCUT2D eigenvalue weighted by molar-refractivity contribution is 7.89. The van der Waals surface area contributed by atoms with Crippen molar-refractivity contribution < 1.29 is 30.7 Å². The number of primary sulfonamides is 1. The smallest absolute Gasteiger partial charge is 0.209 e. The van der Waals surface area contributed by atoms with Gasteiger partial charge in [0.2, 0.25) is 21.7 Å². The maximum Gasteiger partial charge on any atom is 0.209 e. The van der Waals surface area contributed by atoms with Crippen LogP contribution in [0.25, 0.3) is 0 Å². The number of rotatable bonds is 5. The summed E-state index contributed by atoms with van der Waals surface area (Å²) in [4.78, 5) is 0. The van der Waals surface area contributed by atoms with Crippen molar-refractivity contribution in [2.45, 2.75) is 6.42 Å². The fraction of sp³-hybridized carbons (Fsp3) is 0.333. The van der Waals surface area contributed by atoms with Gasteiger partial charge in [0.1, 0.15) is 0 Å². The molecular weight excluding hydrogens is 278 g/mol. The summed E-state index contributed by atoms with van der Waals surface area (Å²) < 4.78 is 77.1. The Morgan fingerprint density at radius 1 is 1.11 bits per heavy atom. The van der Waals surface area contributed by atoms with E-state index in [1.165, 1.54) is 0 Å². The van der Waals surface area contributed by atoms with Crippen LogP contribution in [0.15, 0.2) is 6.07 Å². The molecule has 9 heteroatoms. The largest absolute Gasteiger partial charge is 0.487 e. The van der Waals surface area contributed by atoms with E-state index in [0.717, 1.165) is 0 Å². The van der Waals surface area contributed by atoms with Crippen LogP contribution < -0.4 is 9.88 Å². The molecule has 0 bridgehead atoms. The third-order valence-corrected chi connectivity index (χ3v) is 2.75. The highest BCUT2D eigenvalue weighted by atomic mass is 32.2. The molecule has 2 N–H and O–H groups in total. The first-order valence-electron chi connectivity index (χ1n) is 4.68. The molecule has 0 saturated heterocycles. The van der Waals surface area contributed by atoms with E-state index in [-0.39, 0.29) is 12.5 Å². The Bertz CT molecular complexity index is 521. The second kappa shape index (κ2) is 5.53. The monoisotopic (exact) mass is 287 g/mol. The van der Waals surface area contributed by atoms with Crippen molar-refractivity contribution in [2.75, 3.05) is 12.4 Å². The summed E-state index contributed by atoms with van der Waals surface area (Å²) in [5.74, 6) is -8.25. The van der Waals surface area contributed by atoms with Crippen molar-refractivity contribution >= 4 is 10.0 Å². The summed E-state index contributed by atoms with van der Waals surface area (Å²) in [6, 6.07) is 0.0435. The van der Waals surface area contributed by atoms with Crippen LogP contribution in [0, 0.1) is 23.3 Å². The number of hydrogen-bond acceptors (Lipinski definition) is 3. The molecule has 0 aliphatic carbocycles. The summed E-state index contributed by atoms with van der Waals surface area (Å²) in [6.07, 6.45) is -0.171. The molecule has 102 valence electrons. The lowest BCUT2D eigenvalue weighted by Gasteiger charge is -2.08. The molecule has 0 atom stereocenters. The maximum atomic E-state index is 13.1. The predicted molar refractivity (Wildman–Crippen MR) is 54.4 cm³/mol. The molecule has 0 unspecified atom stereocenters. The zero-order valence-electron chi connectivity index (χ0n) is 8.92. The summed E-state index contributed by atoms with van der Waals surface area (Å²) in [7, 11) is -3.73. The average molecular weight is 287 g/mol. The van der Waals surface area contributed by atoms with Crippen LogP contribution in [0.2, 0.25) is 0 Å². The average Bonchev–Trinajstić information content (AvgIpc) is 2.24. The van der Waals surface area contributed by atoms with E-state index in [9.17, 15) is 26.0 Å². The molecule has 0 aliphatic rings. The van der Waals surface area contributed by atoms with Crippen LogP contribution in [0.4, 0.5) is 17.6 Å². The van der Waals surface area contributed by atoms with Gasteiger partial charge in [0.25, 0.3) is 0 Å². The zero-order chi connectivity index (χ0) is 13.9. The molecule has 0 radical (unpaired) electrons. The molecule has 0 fully saturated rings. The Kier molecular flexibility index (Phi) is 4.52.